The van der Waals surface area contributed by atoms with E-state index in [0.29, 0.717) is 17.2 Å². The van der Waals surface area contributed by atoms with Gasteiger partial charge < -0.3 is 10.2 Å². The minimum absolute atomic E-state index is 0.135. The molecular formula is C11H10ClN5O. The van der Waals surface area contributed by atoms with E-state index in [1.54, 1.807) is 25.3 Å². The first-order valence-corrected chi connectivity index (χ1v) is 5.44. The number of furan rings is 1. The number of hydrogen-bond acceptors (Lipinski definition) is 5. The van der Waals surface area contributed by atoms with Gasteiger partial charge in [-0.05, 0) is 19.1 Å². The summed E-state index contributed by atoms with van der Waals surface area (Å²) in [4.78, 5) is 7.83. The Morgan fingerprint density at radius 2 is 2.22 bits per heavy atom. The standard InChI is InChI=1S/C11H10ClN5O/c1-7(9-3-2-4-18-9)16-17-11(13)8-5-14-6-10(12)15-8/h2-6H,1H3,(H2,13,17). The average Bonchev–Trinajstić information content (AvgIpc) is 2.89. The molecule has 0 atom stereocenters. The molecule has 2 N–H and O–H groups in total. The van der Waals surface area contributed by atoms with Gasteiger partial charge in [-0.2, -0.15) is 0 Å². The van der Waals surface area contributed by atoms with Crippen LogP contribution in [0.15, 0.2) is 45.4 Å². The molecule has 0 spiro atoms. The monoisotopic (exact) mass is 263 g/mol. The van der Waals surface area contributed by atoms with Crippen LogP contribution in [0.25, 0.3) is 0 Å². The van der Waals surface area contributed by atoms with E-state index in [-0.39, 0.29) is 11.0 Å². The van der Waals surface area contributed by atoms with Crippen molar-refractivity contribution in [3.63, 3.8) is 0 Å². The Morgan fingerprint density at radius 3 is 2.89 bits per heavy atom. The van der Waals surface area contributed by atoms with Crippen LogP contribution in [0.2, 0.25) is 5.15 Å². The van der Waals surface area contributed by atoms with Crippen molar-refractivity contribution in [2.45, 2.75) is 6.92 Å². The van der Waals surface area contributed by atoms with Crippen LogP contribution in [0.5, 0.6) is 0 Å². The number of amidine groups is 1. The van der Waals surface area contributed by atoms with Crippen LogP contribution in [-0.4, -0.2) is 21.5 Å². The van der Waals surface area contributed by atoms with E-state index in [1.807, 2.05) is 0 Å². The smallest absolute Gasteiger partial charge is 0.173 e. The molecule has 2 heterocycles. The van der Waals surface area contributed by atoms with Gasteiger partial charge in [-0.3, -0.25) is 4.98 Å². The van der Waals surface area contributed by atoms with Crippen LogP contribution in [0.4, 0.5) is 0 Å². The van der Waals surface area contributed by atoms with Crippen molar-refractivity contribution in [1.82, 2.24) is 9.97 Å². The van der Waals surface area contributed by atoms with E-state index >= 15 is 0 Å². The molecule has 0 unspecified atom stereocenters. The maximum Gasteiger partial charge on any atom is 0.173 e. The summed E-state index contributed by atoms with van der Waals surface area (Å²) in [5, 5.41) is 8.05. The molecule has 7 heteroatoms. The highest BCUT2D eigenvalue weighted by atomic mass is 35.5. The molecule has 2 aromatic heterocycles. The normalized spacial score (nSPS) is 12.8. The maximum absolute atomic E-state index is 5.72. The van der Waals surface area contributed by atoms with E-state index in [0.717, 1.165) is 0 Å². The highest BCUT2D eigenvalue weighted by Crippen LogP contribution is 2.04. The van der Waals surface area contributed by atoms with Crippen molar-refractivity contribution in [2.75, 3.05) is 0 Å². The lowest BCUT2D eigenvalue weighted by Crippen LogP contribution is -2.15. The molecular weight excluding hydrogens is 254 g/mol. The van der Waals surface area contributed by atoms with E-state index in [9.17, 15) is 0 Å². The summed E-state index contributed by atoms with van der Waals surface area (Å²) >= 11 is 5.70. The third-order valence-corrected chi connectivity index (χ3v) is 2.24. The van der Waals surface area contributed by atoms with Gasteiger partial charge in [0.2, 0.25) is 0 Å². The van der Waals surface area contributed by atoms with Crippen molar-refractivity contribution >= 4 is 23.1 Å². The van der Waals surface area contributed by atoms with Crippen molar-refractivity contribution in [2.24, 2.45) is 15.9 Å². The molecule has 2 rings (SSSR count). The fourth-order valence-corrected chi connectivity index (χ4v) is 1.33. The largest absolute Gasteiger partial charge is 0.463 e. The summed E-state index contributed by atoms with van der Waals surface area (Å²) in [6, 6.07) is 3.55. The summed E-state index contributed by atoms with van der Waals surface area (Å²) < 4.78 is 5.16. The van der Waals surface area contributed by atoms with Gasteiger partial charge >= 0.3 is 0 Å². The van der Waals surface area contributed by atoms with Gasteiger partial charge in [-0.25, -0.2) is 4.98 Å². The Labute approximate surface area is 108 Å². The molecule has 0 saturated carbocycles. The van der Waals surface area contributed by atoms with Crippen LogP contribution in [0.3, 0.4) is 0 Å². The van der Waals surface area contributed by atoms with E-state index in [1.165, 1.54) is 12.4 Å². The molecule has 18 heavy (non-hydrogen) atoms. The molecule has 0 fully saturated rings. The van der Waals surface area contributed by atoms with Crippen molar-refractivity contribution in [1.29, 1.82) is 0 Å². The fourth-order valence-electron chi connectivity index (χ4n) is 1.18. The van der Waals surface area contributed by atoms with Gasteiger partial charge in [0.05, 0.1) is 18.7 Å². The summed E-state index contributed by atoms with van der Waals surface area (Å²) in [5.74, 6) is 0.764. The predicted octanol–water partition coefficient (Wildman–Crippen LogP) is 1.85. The van der Waals surface area contributed by atoms with Crippen molar-refractivity contribution < 1.29 is 4.42 Å². The number of rotatable bonds is 3. The first kappa shape index (κ1) is 12.3. The highest BCUT2D eigenvalue weighted by molar-refractivity contribution is 6.29. The molecule has 0 aliphatic heterocycles. The molecule has 0 saturated heterocycles. The van der Waals surface area contributed by atoms with Gasteiger partial charge in [-0.1, -0.05) is 11.6 Å². The third kappa shape index (κ3) is 2.92. The van der Waals surface area contributed by atoms with E-state index < -0.39 is 0 Å². The van der Waals surface area contributed by atoms with Crippen molar-refractivity contribution in [3.8, 4) is 0 Å². The Balaban J connectivity index is 2.21. The first-order chi connectivity index (χ1) is 8.66. The van der Waals surface area contributed by atoms with E-state index in [2.05, 4.69) is 20.2 Å². The summed E-state index contributed by atoms with van der Waals surface area (Å²) in [6.45, 7) is 1.76. The van der Waals surface area contributed by atoms with Crippen LogP contribution in [-0.2, 0) is 0 Å². The number of halogens is 1. The van der Waals surface area contributed by atoms with Crippen LogP contribution in [0, 0.1) is 0 Å². The molecule has 0 amide bonds. The molecule has 6 nitrogen and oxygen atoms in total. The molecule has 92 valence electrons. The summed E-state index contributed by atoms with van der Waals surface area (Å²) in [7, 11) is 0. The zero-order valence-electron chi connectivity index (χ0n) is 9.54. The first-order valence-electron chi connectivity index (χ1n) is 5.06. The quantitative estimate of drug-likeness (QED) is 0.520. The van der Waals surface area contributed by atoms with Gasteiger partial charge in [0, 0.05) is 0 Å². The average molecular weight is 264 g/mol. The van der Waals surface area contributed by atoms with Crippen LogP contribution in [0.1, 0.15) is 18.4 Å². The van der Waals surface area contributed by atoms with Gasteiger partial charge in [0.1, 0.15) is 22.3 Å². The topological polar surface area (TPSA) is 89.7 Å². The van der Waals surface area contributed by atoms with Crippen LogP contribution >= 0.6 is 11.6 Å². The third-order valence-electron chi connectivity index (χ3n) is 2.05. The highest BCUT2D eigenvalue weighted by Gasteiger charge is 2.03. The Bertz CT molecular complexity index is 591. The van der Waals surface area contributed by atoms with Gasteiger partial charge in [-0.15, -0.1) is 10.2 Å². The zero-order valence-corrected chi connectivity index (χ0v) is 10.3. The van der Waals surface area contributed by atoms with Gasteiger partial charge in [0.15, 0.2) is 5.84 Å². The second kappa shape index (κ2) is 5.42. The lowest BCUT2D eigenvalue weighted by atomic mass is 10.3. The van der Waals surface area contributed by atoms with Gasteiger partial charge in [0.25, 0.3) is 0 Å². The predicted molar refractivity (Wildman–Crippen MR) is 68.7 cm³/mol. The molecule has 2 aromatic rings. The van der Waals surface area contributed by atoms with Crippen molar-refractivity contribution in [3.05, 3.63) is 47.4 Å². The molecule has 0 radical (unpaired) electrons. The maximum atomic E-state index is 5.72. The summed E-state index contributed by atoms with van der Waals surface area (Å²) in [6.07, 6.45) is 4.43. The summed E-state index contributed by atoms with van der Waals surface area (Å²) in [5.41, 5.74) is 6.70. The Hall–Kier alpha value is -2.21. The molecule has 0 aliphatic rings. The second-order valence-corrected chi connectivity index (χ2v) is 3.76. The number of hydrogen-bond donors (Lipinski definition) is 1. The fraction of sp³-hybridized carbons (Fsp3) is 0.0909. The lowest BCUT2D eigenvalue weighted by Gasteiger charge is -1.97. The number of aromatic nitrogens is 2. The second-order valence-electron chi connectivity index (χ2n) is 3.37. The lowest BCUT2D eigenvalue weighted by molar-refractivity contribution is 0.557. The Morgan fingerprint density at radius 1 is 1.39 bits per heavy atom. The Kier molecular flexibility index (Phi) is 3.69. The molecule has 0 aliphatic carbocycles. The number of nitrogens with zero attached hydrogens (tertiary/aromatic N) is 4. The van der Waals surface area contributed by atoms with E-state index in [4.69, 9.17) is 21.8 Å². The zero-order chi connectivity index (χ0) is 13.0. The molecule has 0 bridgehead atoms. The molecule has 0 aromatic carbocycles. The SMILES string of the molecule is CC(=NN=C(N)c1cncc(Cl)n1)c1ccco1. The minimum Gasteiger partial charge on any atom is -0.463 e. The van der Waals surface area contributed by atoms with Crippen LogP contribution < -0.4 is 5.73 Å². The minimum atomic E-state index is 0.135. The number of nitrogens with two attached hydrogens (primary N) is 1.